The first-order valence-corrected chi connectivity index (χ1v) is 13.1. The van der Waals surface area contributed by atoms with E-state index in [0.717, 1.165) is 37.1 Å². The Morgan fingerprint density at radius 1 is 1.14 bits per heavy atom. The van der Waals surface area contributed by atoms with E-state index in [2.05, 4.69) is 5.09 Å². The van der Waals surface area contributed by atoms with Crippen LogP contribution >= 0.6 is 41.3 Å². The van der Waals surface area contributed by atoms with Gasteiger partial charge in [-0.25, -0.2) is 9.65 Å². The summed E-state index contributed by atoms with van der Waals surface area (Å²) in [5.41, 5.74) is 0. The van der Waals surface area contributed by atoms with Crippen molar-refractivity contribution in [2.45, 2.75) is 49.6 Å². The second-order valence-electron chi connectivity index (χ2n) is 6.79. The topological polar surface area (TPSA) is 64.6 Å². The number of halogens is 2. The Kier molecular flexibility index (Phi) is 7.94. The van der Waals surface area contributed by atoms with Gasteiger partial charge >= 0.3 is 12.7 Å². The van der Waals surface area contributed by atoms with Gasteiger partial charge in [0.05, 0.1) is 0 Å². The average Bonchev–Trinajstić information content (AvgIpc) is 3.14. The Morgan fingerprint density at radius 2 is 1.76 bits per heavy atom. The van der Waals surface area contributed by atoms with E-state index in [4.69, 9.17) is 32.5 Å². The third kappa shape index (κ3) is 6.94. The van der Waals surface area contributed by atoms with Crippen LogP contribution in [-0.4, -0.2) is 18.1 Å². The Labute approximate surface area is 184 Å². The highest BCUT2D eigenvalue weighted by molar-refractivity contribution is 8.56. The Morgan fingerprint density at radius 3 is 2.38 bits per heavy atom. The van der Waals surface area contributed by atoms with E-state index in [1.807, 2.05) is 6.07 Å². The van der Waals surface area contributed by atoms with E-state index in [1.54, 1.807) is 49.4 Å². The van der Waals surface area contributed by atoms with Crippen LogP contribution in [0.5, 0.6) is 5.75 Å². The van der Waals surface area contributed by atoms with Gasteiger partial charge in [-0.1, -0.05) is 41.4 Å². The van der Waals surface area contributed by atoms with Gasteiger partial charge in [0.25, 0.3) is 0 Å². The molecule has 0 unspecified atom stereocenters. The van der Waals surface area contributed by atoms with Gasteiger partial charge in [-0.15, -0.1) is 0 Å². The number of rotatable bonds is 8. The van der Waals surface area contributed by atoms with Crippen molar-refractivity contribution in [3.63, 3.8) is 0 Å². The first kappa shape index (κ1) is 22.5. The van der Waals surface area contributed by atoms with Crippen molar-refractivity contribution in [2.75, 3.05) is 0 Å². The van der Waals surface area contributed by atoms with Gasteiger partial charge < -0.3 is 9.26 Å². The van der Waals surface area contributed by atoms with E-state index in [-0.39, 0.29) is 6.10 Å². The average molecular weight is 474 g/mol. The van der Waals surface area contributed by atoms with E-state index < -0.39 is 18.7 Å². The Bertz CT molecular complexity index is 873. The van der Waals surface area contributed by atoms with Crippen molar-refractivity contribution in [1.82, 2.24) is 5.09 Å². The van der Waals surface area contributed by atoms with Crippen molar-refractivity contribution < 1.29 is 18.6 Å². The lowest BCUT2D eigenvalue weighted by atomic mass is 10.3. The monoisotopic (exact) mass is 473 g/mol. The molecule has 5 nitrogen and oxygen atoms in total. The zero-order valence-electron chi connectivity index (χ0n) is 15.8. The minimum absolute atomic E-state index is 0.0689. The summed E-state index contributed by atoms with van der Waals surface area (Å²) in [5.74, 6) is -0.0289. The number of nitrogens with one attached hydrogen (secondary N) is 1. The maximum atomic E-state index is 13.7. The fourth-order valence-electron chi connectivity index (χ4n) is 2.97. The number of para-hydroxylation sites is 1. The van der Waals surface area contributed by atoms with E-state index in [9.17, 15) is 9.36 Å². The van der Waals surface area contributed by atoms with Gasteiger partial charge in [-0.2, -0.15) is 0 Å². The molecule has 1 aliphatic carbocycles. The first-order chi connectivity index (χ1) is 13.8. The highest BCUT2D eigenvalue weighted by atomic mass is 35.5. The fraction of sp³-hybridized carbons (Fsp3) is 0.350. The summed E-state index contributed by atoms with van der Waals surface area (Å²) in [6, 6.07) is 12.8. The lowest BCUT2D eigenvalue weighted by Gasteiger charge is -2.24. The van der Waals surface area contributed by atoms with Crippen LogP contribution in [0.15, 0.2) is 53.4 Å². The minimum Gasteiger partial charge on any atom is -0.461 e. The molecule has 156 valence electrons. The molecule has 0 aliphatic heterocycles. The van der Waals surface area contributed by atoms with Crippen LogP contribution in [-0.2, 0) is 14.1 Å². The van der Waals surface area contributed by atoms with Crippen molar-refractivity contribution in [1.29, 1.82) is 0 Å². The fourth-order valence-corrected chi connectivity index (χ4v) is 7.54. The number of benzene rings is 2. The second-order valence-corrected chi connectivity index (χ2v) is 11.7. The lowest BCUT2D eigenvalue weighted by Crippen LogP contribution is -2.35. The zero-order chi connectivity index (χ0) is 20.9. The van der Waals surface area contributed by atoms with Gasteiger partial charge in [0.1, 0.15) is 17.9 Å². The van der Waals surface area contributed by atoms with Gasteiger partial charge in [-0.3, -0.25) is 4.79 Å². The summed E-state index contributed by atoms with van der Waals surface area (Å²) in [7, 11) is 0. The SMILES string of the molecule is C[C@H](N[P@](=O)(Oc1ccccc1)Sc1cc(Cl)cc(Cl)c1)C(=O)OC1CCCC1. The highest BCUT2D eigenvalue weighted by Gasteiger charge is 2.33. The molecule has 0 saturated heterocycles. The number of hydrogen-bond donors (Lipinski definition) is 1. The third-order valence-corrected chi connectivity index (χ3v) is 8.49. The van der Waals surface area contributed by atoms with Gasteiger partial charge in [0.2, 0.25) is 0 Å². The van der Waals surface area contributed by atoms with Gasteiger partial charge in [-0.05, 0) is 74.3 Å². The smallest absolute Gasteiger partial charge is 0.379 e. The summed E-state index contributed by atoms with van der Waals surface area (Å²) in [4.78, 5) is 13.0. The molecule has 0 aromatic heterocycles. The lowest BCUT2D eigenvalue weighted by molar-refractivity contribution is -0.150. The zero-order valence-corrected chi connectivity index (χ0v) is 19.1. The van der Waals surface area contributed by atoms with Gasteiger partial charge in [0, 0.05) is 14.9 Å². The van der Waals surface area contributed by atoms with Crippen LogP contribution in [0.1, 0.15) is 32.6 Å². The standard InChI is InChI=1S/C20H22Cl2NO4PS/c1-14(20(24)26-17-7-5-6-8-17)23-28(25,27-18-9-3-2-4-10-18)29-19-12-15(21)11-16(22)13-19/h2-4,9-14,17H,5-8H2,1H3,(H,23,25)/t14-,28-/m0/s1. The van der Waals surface area contributed by atoms with Gasteiger partial charge in [0.15, 0.2) is 0 Å². The molecule has 29 heavy (non-hydrogen) atoms. The summed E-state index contributed by atoms with van der Waals surface area (Å²) in [6.45, 7) is -1.99. The predicted molar refractivity (Wildman–Crippen MR) is 118 cm³/mol. The second kappa shape index (κ2) is 10.2. The maximum Gasteiger partial charge on any atom is 0.379 e. The molecular weight excluding hydrogens is 452 g/mol. The molecule has 0 heterocycles. The number of carbonyl (C=O) groups excluding carboxylic acids is 1. The molecule has 3 rings (SSSR count). The van der Waals surface area contributed by atoms with Crippen LogP contribution in [0.25, 0.3) is 0 Å². The molecule has 0 bridgehead atoms. The van der Waals surface area contributed by atoms with Crippen LogP contribution < -0.4 is 9.61 Å². The van der Waals surface area contributed by atoms with Crippen LogP contribution in [0, 0.1) is 0 Å². The van der Waals surface area contributed by atoms with Crippen LogP contribution in [0.3, 0.4) is 0 Å². The highest BCUT2D eigenvalue weighted by Crippen LogP contribution is 2.59. The van der Waals surface area contributed by atoms with Crippen molar-refractivity contribution >= 4 is 47.3 Å². The maximum absolute atomic E-state index is 13.7. The molecule has 1 aliphatic rings. The number of hydrogen-bond acceptors (Lipinski definition) is 5. The molecule has 0 amide bonds. The molecule has 1 fully saturated rings. The van der Waals surface area contributed by atoms with Crippen LogP contribution in [0.2, 0.25) is 10.0 Å². The van der Waals surface area contributed by atoms with E-state index in [0.29, 0.717) is 20.7 Å². The third-order valence-electron chi connectivity index (χ3n) is 4.32. The molecule has 1 saturated carbocycles. The molecule has 2 atom stereocenters. The van der Waals surface area contributed by atoms with Crippen molar-refractivity contribution in [2.24, 2.45) is 0 Å². The largest absolute Gasteiger partial charge is 0.461 e. The molecule has 9 heteroatoms. The number of ether oxygens (including phenoxy) is 1. The summed E-state index contributed by atoms with van der Waals surface area (Å²) >= 11 is 13.1. The number of esters is 1. The molecule has 0 radical (unpaired) electrons. The quantitative estimate of drug-likeness (QED) is 0.338. The summed E-state index contributed by atoms with van der Waals surface area (Å²) < 4.78 is 25.0. The summed E-state index contributed by atoms with van der Waals surface area (Å²) in [6.07, 6.45) is 3.78. The predicted octanol–water partition coefficient (Wildman–Crippen LogP) is 6.74. The van der Waals surface area contributed by atoms with Crippen molar-refractivity contribution in [3.8, 4) is 5.75 Å². The molecule has 2 aromatic rings. The van der Waals surface area contributed by atoms with Crippen LogP contribution in [0.4, 0.5) is 0 Å². The molecule has 2 aromatic carbocycles. The Hall–Kier alpha value is -1.17. The first-order valence-electron chi connectivity index (χ1n) is 9.32. The Balaban J connectivity index is 1.77. The number of carbonyl (C=O) groups is 1. The van der Waals surface area contributed by atoms with Crippen molar-refractivity contribution in [3.05, 3.63) is 58.6 Å². The minimum atomic E-state index is -3.61. The van der Waals surface area contributed by atoms with E-state index in [1.165, 1.54) is 0 Å². The van der Waals surface area contributed by atoms with E-state index >= 15 is 0 Å². The molecule has 1 N–H and O–H groups in total. The molecular formula is C20H22Cl2NO4PS. The summed E-state index contributed by atoms with van der Waals surface area (Å²) in [5, 5.41) is 3.67. The molecule has 0 spiro atoms. The normalized spacial score (nSPS) is 17.5.